The summed E-state index contributed by atoms with van der Waals surface area (Å²) in [6.07, 6.45) is 1.35. The van der Waals surface area contributed by atoms with Gasteiger partial charge in [0.1, 0.15) is 12.8 Å². The van der Waals surface area contributed by atoms with Crippen LogP contribution in [-0.4, -0.2) is 62.0 Å². The van der Waals surface area contributed by atoms with Gasteiger partial charge in [0.15, 0.2) is 0 Å². The van der Waals surface area contributed by atoms with Crippen LogP contribution in [0.3, 0.4) is 0 Å². The summed E-state index contributed by atoms with van der Waals surface area (Å²) in [6, 6.07) is 0. The number of rotatable bonds is 10. The smallest absolute Gasteiger partial charge is 0.113 e. The quantitative estimate of drug-likeness (QED) is 0.247. The molecule has 172 valence electrons. The van der Waals surface area contributed by atoms with Gasteiger partial charge in [0.2, 0.25) is 0 Å². The van der Waals surface area contributed by atoms with Crippen LogP contribution in [0, 0.1) is 6.42 Å². The van der Waals surface area contributed by atoms with E-state index in [-0.39, 0.29) is 91.5 Å². The Bertz CT molecular complexity index is 515. The molecule has 2 rings (SSSR count). The fourth-order valence-electron chi connectivity index (χ4n) is 3.22. The Morgan fingerprint density at radius 2 is 1.72 bits per heavy atom. The van der Waals surface area contributed by atoms with Crippen LogP contribution in [0.5, 0.6) is 0 Å². The molecule has 2 heterocycles. The molecule has 0 radical (unpaired) electrons. The van der Waals surface area contributed by atoms with E-state index >= 15 is 0 Å². The summed E-state index contributed by atoms with van der Waals surface area (Å²) in [5.41, 5.74) is 0. The van der Waals surface area contributed by atoms with Crippen molar-refractivity contribution in [3.05, 3.63) is 6.42 Å². The molecular formula is C18H33O7PSW2-2. The molecule has 0 aromatic heterocycles. The van der Waals surface area contributed by atoms with Crippen molar-refractivity contribution in [1.29, 1.82) is 0 Å². The maximum atomic E-state index is 12.7. The third-order valence-corrected chi connectivity index (χ3v) is 5.83. The molecule has 0 bridgehead atoms. The van der Waals surface area contributed by atoms with E-state index in [1.807, 2.05) is 48.0 Å². The summed E-state index contributed by atoms with van der Waals surface area (Å²) < 4.78 is 34.1. The van der Waals surface area contributed by atoms with Crippen LogP contribution < -0.4 is 4.89 Å². The molecule has 29 heavy (non-hydrogen) atoms. The summed E-state index contributed by atoms with van der Waals surface area (Å²) in [5, 5.41) is 0. The van der Waals surface area contributed by atoms with Crippen molar-refractivity contribution in [2.45, 2.75) is 96.8 Å². The van der Waals surface area contributed by atoms with Crippen molar-refractivity contribution in [1.82, 2.24) is 0 Å². The third kappa shape index (κ3) is 10.9. The van der Waals surface area contributed by atoms with E-state index in [0.717, 1.165) is 6.42 Å². The molecule has 2 saturated heterocycles. The van der Waals surface area contributed by atoms with Gasteiger partial charge in [-0.3, -0.25) is 6.42 Å². The van der Waals surface area contributed by atoms with Crippen LogP contribution in [0.25, 0.3) is 0 Å². The molecule has 0 aliphatic carbocycles. The molecule has 7 atom stereocenters. The molecule has 0 saturated carbocycles. The van der Waals surface area contributed by atoms with Crippen molar-refractivity contribution >= 4 is 18.5 Å². The van der Waals surface area contributed by atoms with Crippen molar-refractivity contribution in [2.24, 2.45) is 0 Å². The van der Waals surface area contributed by atoms with Gasteiger partial charge in [-0.2, -0.15) is 0 Å². The molecule has 2 fully saturated rings. The van der Waals surface area contributed by atoms with Gasteiger partial charge in [0.25, 0.3) is 0 Å². The molecule has 11 heteroatoms. The predicted molar refractivity (Wildman–Crippen MR) is 104 cm³/mol. The zero-order valence-electron chi connectivity index (χ0n) is 17.8. The first-order valence-electron chi connectivity index (χ1n) is 9.62. The summed E-state index contributed by atoms with van der Waals surface area (Å²) in [4.78, 5) is 12.7. The molecule has 7 nitrogen and oxygen atoms in total. The Morgan fingerprint density at radius 1 is 1.07 bits per heavy atom. The van der Waals surface area contributed by atoms with Gasteiger partial charge in [-0.25, -0.2) is 0 Å². The molecule has 2 unspecified atom stereocenters. The minimum Gasteiger partial charge on any atom is -0.780 e. The molecule has 0 aromatic rings. The van der Waals surface area contributed by atoms with Crippen LogP contribution in [0.15, 0.2) is 0 Å². The van der Waals surface area contributed by atoms with Crippen molar-refractivity contribution < 1.29 is 75.0 Å². The van der Waals surface area contributed by atoms with Crippen molar-refractivity contribution in [3.8, 4) is 0 Å². The Labute approximate surface area is 209 Å². The molecule has 2 aliphatic heterocycles. The second kappa shape index (κ2) is 14.1. The van der Waals surface area contributed by atoms with Crippen molar-refractivity contribution in [3.63, 3.8) is 0 Å². The summed E-state index contributed by atoms with van der Waals surface area (Å²) in [5.74, 6) is 0. The second-order valence-corrected chi connectivity index (χ2v) is 10.4. The van der Waals surface area contributed by atoms with Gasteiger partial charge in [0.05, 0.1) is 43.7 Å². The van der Waals surface area contributed by atoms with Gasteiger partial charge in [-0.05, 0) is 40.7 Å². The Morgan fingerprint density at radius 3 is 2.31 bits per heavy atom. The van der Waals surface area contributed by atoms with E-state index in [4.69, 9.17) is 39.8 Å². The van der Waals surface area contributed by atoms with Gasteiger partial charge in [-0.15, -0.1) is 0 Å². The average molecular weight is 792 g/mol. The van der Waals surface area contributed by atoms with Crippen molar-refractivity contribution in [2.75, 3.05) is 13.2 Å². The minimum absolute atomic E-state index is 0. The van der Waals surface area contributed by atoms with Gasteiger partial charge >= 0.3 is 0 Å². The predicted octanol–water partition coefficient (Wildman–Crippen LogP) is 2.36. The van der Waals surface area contributed by atoms with Crippen LogP contribution in [0.4, 0.5) is 0 Å². The van der Waals surface area contributed by atoms with Crippen LogP contribution >= 0.6 is 6.72 Å². The monoisotopic (exact) mass is 792 g/mol. The van der Waals surface area contributed by atoms with E-state index in [1.165, 1.54) is 0 Å². The first kappa shape index (κ1) is 30.7. The largest absolute Gasteiger partial charge is 0.780 e. The van der Waals surface area contributed by atoms with E-state index in [0.29, 0.717) is 6.61 Å². The number of hydrogen-bond donors (Lipinski definition) is 0. The van der Waals surface area contributed by atoms with E-state index in [2.05, 4.69) is 0 Å². The summed E-state index contributed by atoms with van der Waals surface area (Å²) in [6.45, 7) is 8.40. The zero-order chi connectivity index (χ0) is 20.2. The Hall–Kier alpha value is 1.75. The second-order valence-electron chi connectivity index (χ2n) is 7.71. The zero-order valence-corrected chi connectivity index (χ0v) is 25.4. The number of hydrogen-bond acceptors (Lipinski definition) is 8. The molecule has 0 aromatic carbocycles. The summed E-state index contributed by atoms with van der Waals surface area (Å²) in [7, 11) is 0. The molecule has 0 N–H and O–H groups in total. The van der Waals surface area contributed by atoms with E-state index in [1.54, 1.807) is 0 Å². The molecular weight excluding hydrogens is 759 g/mol. The SMILES string of the molecule is CC(C)OC[C@H]1O[C@@H](C)[CH-][C@H]1OP([O-])(=S)OC[C@H]1O[C@@H](C)CC1OC(C)C.[W].[W]. The van der Waals surface area contributed by atoms with Gasteiger partial charge in [-0.1, -0.05) is 24.8 Å². The molecule has 0 amide bonds. The van der Waals surface area contributed by atoms with Crippen LogP contribution in [-0.2, 0) is 81.9 Å². The fourth-order valence-corrected chi connectivity index (χ4v) is 4.59. The summed E-state index contributed by atoms with van der Waals surface area (Å²) >= 11 is 5.10. The average Bonchev–Trinajstić information content (AvgIpc) is 3.04. The minimum atomic E-state index is -3.70. The maximum Gasteiger partial charge on any atom is 0.113 e. The van der Waals surface area contributed by atoms with Crippen LogP contribution in [0.1, 0.15) is 48.0 Å². The maximum absolute atomic E-state index is 12.7. The molecule has 2 aliphatic rings. The molecule has 0 spiro atoms. The number of ether oxygens (including phenoxy) is 4. The van der Waals surface area contributed by atoms with Gasteiger partial charge < -0.3 is 32.9 Å². The fraction of sp³-hybridized carbons (Fsp3) is 0.944. The normalized spacial score (nSPS) is 34.1. The van der Waals surface area contributed by atoms with E-state index < -0.39 is 12.8 Å². The van der Waals surface area contributed by atoms with E-state index in [9.17, 15) is 4.89 Å². The van der Waals surface area contributed by atoms with Crippen LogP contribution in [0.2, 0.25) is 0 Å². The first-order valence-corrected chi connectivity index (χ1v) is 12.2. The van der Waals surface area contributed by atoms with Gasteiger partial charge in [0, 0.05) is 48.6 Å². The Balaban J connectivity index is 0.00000392. The topological polar surface area (TPSA) is 78.4 Å². The third-order valence-electron chi connectivity index (χ3n) is 4.29. The first-order chi connectivity index (χ1) is 12.6. The Kier molecular flexibility index (Phi) is 15.0. The standard InChI is InChI=1S/C18H34O7PS.2W/c1-11(2)20-9-17-16(8-14(6)23-17)25-26(19,27)21-10-18-15(22-12(3)4)7-13(5)24-18;;/h8,11-18H,7,9-10H2,1-6H3,(H,19,27);;/q-1;;/p-1/t13-,14-,15?,16+,17+,18+,26?;;/m0../s1.